The SMILES string of the molecule is CCCC(C)NCC(COC)OC. The van der Waals surface area contributed by atoms with Crippen molar-refractivity contribution in [3.8, 4) is 0 Å². The van der Waals surface area contributed by atoms with Crippen LogP contribution in [0.2, 0.25) is 0 Å². The summed E-state index contributed by atoms with van der Waals surface area (Å²) in [6, 6.07) is 0.569. The molecule has 0 aliphatic rings. The zero-order valence-corrected chi connectivity index (χ0v) is 9.30. The van der Waals surface area contributed by atoms with Gasteiger partial charge < -0.3 is 14.8 Å². The van der Waals surface area contributed by atoms with Crippen LogP contribution in [0.3, 0.4) is 0 Å². The second-order valence-corrected chi connectivity index (χ2v) is 3.41. The van der Waals surface area contributed by atoms with Gasteiger partial charge in [-0.15, -0.1) is 0 Å². The van der Waals surface area contributed by atoms with E-state index in [0.29, 0.717) is 12.6 Å². The number of hydrogen-bond acceptors (Lipinski definition) is 3. The molecule has 80 valence electrons. The Labute approximate surface area is 81.8 Å². The highest BCUT2D eigenvalue weighted by Crippen LogP contribution is 1.96. The highest BCUT2D eigenvalue weighted by molar-refractivity contribution is 4.65. The Kier molecular flexibility index (Phi) is 8.40. The summed E-state index contributed by atoms with van der Waals surface area (Å²) in [6.45, 7) is 5.91. The smallest absolute Gasteiger partial charge is 0.0928 e. The monoisotopic (exact) mass is 189 g/mol. The van der Waals surface area contributed by atoms with Gasteiger partial charge in [0.05, 0.1) is 12.7 Å². The Balaban J connectivity index is 3.46. The quantitative estimate of drug-likeness (QED) is 0.626. The van der Waals surface area contributed by atoms with Crippen molar-refractivity contribution >= 4 is 0 Å². The van der Waals surface area contributed by atoms with Crippen LogP contribution in [-0.4, -0.2) is 39.5 Å². The molecule has 2 atom stereocenters. The number of hydrogen-bond donors (Lipinski definition) is 1. The molecule has 0 aromatic heterocycles. The standard InChI is InChI=1S/C10H23NO2/c1-5-6-9(2)11-7-10(13-4)8-12-3/h9-11H,5-8H2,1-4H3. The third kappa shape index (κ3) is 6.99. The molecule has 0 fully saturated rings. The van der Waals surface area contributed by atoms with E-state index >= 15 is 0 Å². The third-order valence-electron chi connectivity index (χ3n) is 2.10. The fraction of sp³-hybridized carbons (Fsp3) is 1.00. The Hall–Kier alpha value is -0.120. The second-order valence-electron chi connectivity index (χ2n) is 3.41. The van der Waals surface area contributed by atoms with Crippen molar-refractivity contribution in [3.05, 3.63) is 0 Å². The molecule has 13 heavy (non-hydrogen) atoms. The van der Waals surface area contributed by atoms with E-state index in [1.165, 1.54) is 12.8 Å². The topological polar surface area (TPSA) is 30.5 Å². The molecule has 1 N–H and O–H groups in total. The fourth-order valence-electron chi connectivity index (χ4n) is 1.26. The van der Waals surface area contributed by atoms with Crippen LogP contribution in [0.1, 0.15) is 26.7 Å². The molecule has 3 nitrogen and oxygen atoms in total. The summed E-state index contributed by atoms with van der Waals surface area (Å²) in [4.78, 5) is 0. The van der Waals surface area contributed by atoms with E-state index in [1.807, 2.05) is 0 Å². The first-order chi connectivity index (χ1) is 6.24. The van der Waals surface area contributed by atoms with Gasteiger partial charge in [-0.3, -0.25) is 0 Å². The lowest BCUT2D eigenvalue weighted by Gasteiger charge is -2.18. The van der Waals surface area contributed by atoms with Crippen molar-refractivity contribution in [1.82, 2.24) is 5.32 Å². The minimum atomic E-state index is 0.171. The average Bonchev–Trinajstić information content (AvgIpc) is 2.12. The molecule has 0 heterocycles. The Morgan fingerprint density at radius 1 is 1.31 bits per heavy atom. The Bertz CT molecular complexity index is 109. The van der Waals surface area contributed by atoms with Crippen LogP contribution >= 0.6 is 0 Å². The molecule has 0 saturated heterocycles. The first-order valence-electron chi connectivity index (χ1n) is 4.99. The molecule has 0 rings (SSSR count). The molecule has 0 saturated carbocycles. The van der Waals surface area contributed by atoms with E-state index in [-0.39, 0.29) is 6.10 Å². The molecule has 0 aliphatic heterocycles. The molecule has 0 amide bonds. The van der Waals surface area contributed by atoms with Crippen LogP contribution in [0.4, 0.5) is 0 Å². The molecular weight excluding hydrogens is 166 g/mol. The van der Waals surface area contributed by atoms with Crippen LogP contribution in [0.5, 0.6) is 0 Å². The van der Waals surface area contributed by atoms with Crippen molar-refractivity contribution in [2.24, 2.45) is 0 Å². The van der Waals surface area contributed by atoms with Gasteiger partial charge in [0.15, 0.2) is 0 Å². The largest absolute Gasteiger partial charge is 0.382 e. The van der Waals surface area contributed by atoms with Gasteiger partial charge in [0.25, 0.3) is 0 Å². The summed E-state index contributed by atoms with van der Waals surface area (Å²) in [5, 5.41) is 3.41. The predicted octanol–water partition coefficient (Wildman–Crippen LogP) is 1.43. The van der Waals surface area contributed by atoms with Gasteiger partial charge in [0.2, 0.25) is 0 Å². The predicted molar refractivity (Wildman–Crippen MR) is 55.0 cm³/mol. The van der Waals surface area contributed by atoms with Crippen LogP contribution in [-0.2, 0) is 9.47 Å². The van der Waals surface area contributed by atoms with E-state index in [0.717, 1.165) is 6.54 Å². The number of rotatable bonds is 8. The maximum atomic E-state index is 5.23. The van der Waals surface area contributed by atoms with E-state index in [1.54, 1.807) is 14.2 Å². The summed E-state index contributed by atoms with van der Waals surface area (Å²) in [5.41, 5.74) is 0. The normalized spacial score (nSPS) is 15.7. The second kappa shape index (κ2) is 8.48. The minimum absolute atomic E-state index is 0.171. The summed E-state index contributed by atoms with van der Waals surface area (Å²) in [6.07, 6.45) is 2.60. The first kappa shape index (κ1) is 12.9. The minimum Gasteiger partial charge on any atom is -0.382 e. The maximum absolute atomic E-state index is 5.23. The molecular formula is C10H23NO2. The number of ether oxygens (including phenoxy) is 2. The van der Waals surface area contributed by atoms with Crippen LogP contribution < -0.4 is 5.32 Å². The van der Waals surface area contributed by atoms with E-state index in [4.69, 9.17) is 9.47 Å². The molecule has 0 aromatic carbocycles. The average molecular weight is 189 g/mol. The highest BCUT2D eigenvalue weighted by Gasteiger charge is 2.07. The first-order valence-corrected chi connectivity index (χ1v) is 4.99. The Morgan fingerprint density at radius 2 is 2.00 bits per heavy atom. The summed E-state index contributed by atoms with van der Waals surface area (Å²) >= 11 is 0. The van der Waals surface area contributed by atoms with Crippen LogP contribution in [0.15, 0.2) is 0 Å². The van der Waals surface area contributed by atoms with Crippen molar-refractivity contribution in [2.45, 2.75) is 38.8 Å². The molecule has 3 heteroatoms. The zero-order chi connectivity index (χ0) is 10.1. The maximum Gasteiger partial charge on any atom is 0.0928 e. The lowest BCUT2D eigenvalue weighted by molar-refractivity contribution is 0.0275. The lowest BCUT2D eigenvalue weighted by Crippen LogP contribution is -2.36. The van der Waals surface area contributed by atoms with Gasteiger partial charge in [-0.2, -0.15) is 0 Å². The zero-order valence-electron chi connectivity index (χ0n) is 9.30. The summed E-state index contributed by atoms with van der Waals surface area (Å²) in [7, 11) is 3.41. The molecule has 0 aliphatic carbocycles. The molecule has 0 bridgehead atoms. The van der Waals surface area contributed by atoms with E-state index in [2.05, 4.69) is 19.2 Å². The van der Waals surface area contributed by atoms with Crippen molar-refractivity contribution < 1.29 is 9.47 Å². The van der Waals surface area contributed by atoms with Crippen molar-refractivity contribution in [3.63, 3.8) is 0 Å². The lowest BCUT2D eigenvalue weighted by atomic mass is 10.2. The number of methoxy groups -OCH3 is 2. The van der Waals surface area contributed by atoms with E-state index in [9.17, 15) is 0 Å². The summed E-state index contributed by atoms with van der Waals surface area (Å²) in [5.74, 6) is 0. The van der Waals surface area contributed by atoms with Gasteiger partial charge in [0.1, 0.15) is 0 Å². The highest BCUT2D eigenvalue weighted by atomic mass is 16.5. The van der Waals surface area contributed by atoms with Gasteiger partial charge in [-0.05, 0) is 13.3 Å². The molecule has 0 radical (unpaired) electrons. The van der Waals surface area contributed by atoms with Crippen molar-refractivity contribution in [1.29, 1.82) is 0 Å². The third-order valence-corrected chi connectivity index (χ3v) is 2.10. The Morgan fingerprint density at radius 3 is 2.46 bits per heavy atom. The summed E-state index contributed by atoms with van der Waals surface area (Å²) < 4.78 is 10.3. The molecule has 2 unspecified atom stereocenters. The fourth-order valence-corrected chi connectivity index (χ4v) is 1.26. The number of nitrogens with one attached hydrogen (secondary N) is 1. The van der Waals surface area contributed by atoms with Gasteiger partial charge in [0, 0.05) is 26.8 Å². The molecule has 0 spiro atoms. The molecule has 0 aromatic rings. The van der Waals surface area contributed by atoms with Gasteiger partial charge in [-0.25, -0.2) is 0 Å². The van der Waals surface area contributed by atoms with Crippen LogP contribution in [0.25, 0.3) is 0 Å². The van der Waals surface area contributed by atoms with Gasteiger partial charge >= 0.3 is 0 Å². The van der Waals surface area contributed by atoms with Crippen LogP contribution in [0, 0.1) is 0 Å². The van der Waals surface area contributed by atoms with Crippen molar-refractivity contribution in [2.75, 3.05) is 27.4 Å². The van der Waals surface area contributed by atoms with E-state index < -0.39 is 0 Å². The van der Waals surface area contributed by atoms with Gasteiger partial charge in [-0.1, -0.05) is 13.3 Å².